The van der Waals surface area contributed by atoms with Crippen molar-refractivity contribution in [1.29, 1.82) is 0 Å². The first kappa shape index (κ1) is 38.3. The fourth-order valence-corrected chi connectivity index (χ4v) is 9.53. The van der Waals surface area contributed by atoms with E-state index in [0.29, 0.717) is 17.5 Å². The Balaban J connectivity index is 0.977. The lowest BCUT2D eigenvalue weighted by molar-refractivity contribution is 0.632. The molecule has 5 heteroatoms. The lowest BCUT2D eigenvalue weighted by Gasteiger charge is -2.42. The molecule has 1 aliphatic rings. The zero-order valence-electron chi connectivity index (χ0n) is 36.0. The molecule has 0 bridgehead atoms. The van der Waals surface area contributed by atoms with Gasteiger partial charge in [0.05, 0.1) is 11.4 Å². The molecule has 0 saturated heterocycles. The second kappa shape index (κ2) is 15.4. The van der Waals surface area contributed by atoms with Crippen molar-refractivity contribution < 1.29 is 4.42 Å². The van der Waals surface area contributed by atoms with Crippen LogP contribution in [0.1, 0.15) is 25.0 Å². The third kappa shape index (κ3) is 6.77. The van der Waals surface area contributed by atoms with Crippen LogP contribution >= 0.6 is 0 Å². The van der Waals surface area contributed by atoms with Crippen LogP contribution in [0.5, 0.6) is 0 Å². The summed E-state index contributed by atoms with van der Waals surface area (Å²) >= 11 is 0. The van der Waals surface area contributed by atoms with Crippen LogP contribution in [0.15, 0.2) is 223 Å². The SMILES string of the molecule is CC1(C)c2ccccc2N(c2ccccc2)c2ccc(-c3ccc4oc5ccc(-c6nc(-c7cccc(-c8ccccc8)c7)nc(-c7cccc(-c8ccccc8)c7)n6)cc5c4c3)cc21. The first-order valence-electron chi connectivity index (χ1n) is 22.1. The number of benzene rings is 9. The van der Waals surface area contributed by atoms with Crippen molar-refractivity contribution >= 4 is 39.0 Å². The van der Waals surface area contributed by atoms with Crippen LogP contribution < -0.4 is 4.90 Å². The molecule has 0 spiro atoms. The molecule has 1 aliphatic heterocycles. The summed E-state index contributed by atoms with van der Waals surface area (Å²) < 4.78 is 6.50. The van der Waals surface area contributed by atoms with Crippen LogP contribution in [0.4, 0.5) is 17.1 Å². The van der Waals surface area contributed by atoms with Gasteiger partial charge in [0.2, 0.25) is 0 Å². The van der Waals surface area contributed by atoms with Crippen molar-refractivity contribution in [3.8, 4) is 67.5 Å². The molecule has 0 amide bonds. The summed E-state index contributed by atoms with van der Waals surface area (Å²) in [5.74, 6) is 1.81. The lowest BCUT2D eigenvalue weighted by atomic mass is 9.73. The van der Waals surface area contributed by atoms with Gasteiger partial charge in [-0.25, -0.2) is 15.0 Å². The molecule has 0 N–H and O–H groups in total. The van der Waals surface area contributed by atoms with E-state index >= 15 is 0 Å². The predicted octanol–water partition coefficient (Wildman–Crippen LogP) is 15.9. The molecule has 11 aromatic rings. The number of hydrogen-bond acceptors (Lipinski definition) is 5. The maximum atomic E-state index is 6.50. The van der Waals surface area contributed by atoms with E-state index in [0.717, 1.165) is 77.7 Å². The van der Waals surface area contributed by atoms with E-state index in [4.69, 9.17) is 19.4 Å². The average Bonchev–Trinajstić information content (AvgIpc) is 3.74. The average molecular weight is 835 g/mol. The van der Waals surface area contributed by atoms with E-state index in [1.54, 1.807) is 0 Å². The third-order valence-electron chi connectivity index (χ3n) is 12.9. The van der Waals surface area contributed by atoms with Crippen LogP contribution in [0.2, 0.25) is 0 Å². The van der Waals surface area contributed by atoms with Crippen LogP contribution in [0.3, 0.4) is 0 Å². The molecule has 0 atom stereocenters. The quantitative estimate of drug-likeness (QED) is 0.160. The number of hydrogen-bond donors (Lipinski definition) is 0. The Morgan fingerprint density at radius 3 is 1.35 bits per heavy atom. The molecule has 0 saturated carbocycles. The first-order valence-corrected chi connectivity index (χ1v) is 22.1. The van der Waals surface area contributed by atoms with Gasteiger partial charge in [-0.1, -0.05) is 159 Å². The molecule has 0 aliphatic carbocycles. The number of furan rings is 1. The number of anilines is 3. The van der Waals surface area contributed by atoms with Crippen LogP contribution in [0.25, 0.3) is 89.5 Å². The molecule has 308 valence electrons. The normalized spacial score (nSPS) is 12.9. The summed E-state index contributed by atoms with van der Waals surface area (Å²) in [5, 5.41) is 2.04. The molecular formula is C60H42N4O. The summed E-state index contributed by atoms with van der Waals surface area (Å²) in [7, 11) is 0. The van der Waals surface area contributed by atoms with E-state index in [1.165, 1.54) is 22.5 Å². The molecule has 12 rings (SSSR count). The first-order chi connectivity index (χ1) is 31.9. The Hall–Kier alpha value is -8.41. The molecule has 3 heterocycles. The highest BCUT2D eigenvalue weighted by Gasteiger charge is 2.37. The largest absolute Gasteiger partial charge is 0.456 e. The Morgan fingerprint density at radius 1 is 0.338 bits per heavy atom. The Kier molecular flexibility index (Phi) is 9.09. The van der Waals surface area contributed by atoms with Crippen molar-refractivity contribution in [2.45, 2.75) is 19.3 Å². The van der Waals surface area contributed by atoms with Gasteiger partial charge in [-0.2, -0.15) is 0 Å². The van der Waals surface area contributed by atoms with Crippen molar-refractivity contribution in [3.63, 3.8) is 0 Å². The Bertz CT molecular complexity index is 3480. The lowest BCUT2D eigenvalue weighted by Crippen LogP contribution is -2.30. The number of rotatable bonds is 7. The molecule has 0 fully saturated rings. The molecule has 5 nitrogen and oxygen atoms in total. The van der Waals surface area contributed by atoms with Gasteiger partial charge in [0.25, 0.3) is 0 Å². The number of fused-ring (bicyclic) bond motifs is 5. The summed E-state index contributed by atoms with van der Waals surface area (Å²) in [4.78, 5) is 17.9. The van der Waals surface area contributed by atoms with Gasteiger partial charge < -0.3 is 9.32 Å². The molecular weight excluding hydrogens is 793 g/mol. The van der Waals surface area contributed by atoms with Crippen LogP contribution in [-0.2, 0) is 5.41 Å². The van der Waals surface area contributed by atoms with Gasteiger partial charge >= 0.3 is 0 Å². The van der Waals surface area contributed by atoms with Crippen molar-refractivity contribution in [2.75, 3.05) is 4.90 Å². The maximum Gasteiger partial charge on any atom is 0.164 e. The minimum absolute atomic E-state index is 0.220. The van der Waals surface area contributed by atoms with Gasteiger partial charge in [-0.15, -0.1) is 0 Å². The number of aromatic nitrogens is 3. The van der Waals surface area contributed by atoms with Crippen molar-refractivity contribution in [2.24, 2.45) is 0 Å². The summed E-state index contributed by atoms with van der Waals surface area (Å²) in [6.45, 7) is 4.67. The van der Waals surface area contributed by atoms with E-state index in [1.807, 2.05) is 18.2 Å². The minimum atomic E-state index is -0.220. The maximum absolute atomic E-state index is 6.50. The van der Waals surface area contributed by atoms with E-state index < -0.39 is 0 Å². The zero-order chi connectivity index (χ0) is 43.5. The highest BCUT2D eigenvalue weighted by atomic mass is 16.3. The highest BCUT2D eigenvalue weighted by molar-refractivity contribution is 6.07. The monoisotopic (exact) mass is 834 g/mol. The van der Waals surface area contributed by atoms with Crippen LogP contribution in [0, 0.1) is 0 Å². The standard InChI is InChI=1S/C60H42N4O/c1-60(2)51-26-12-13-27-53(51)64(48-24-10-5-11-25-48)54-31-28-44(38-52(54)60)43-29-32-55-49(36-43)50-37-47(30-33-56(50)65-55)59-62-57(45-22-14-20-41(34-45)39-16-6-3-7-17-39)61-58(63-59)46-23-15-21-42(35-46)40-18-8-4-9-19-40/h3-38H,1-2H3. The van der Waals surface area contributed by atoms with E-state index in [-0.39, 0.29) is 5.41 Å². The highest BCUT2D eigenvalue weighted by Crippen LogP contribution is 2.52. The van der Waals surface area contributed by atoms with E-state index in [9.17, 15) is 0 Å². The third-order valence-corrected chi connectivity index (χ3v) is 12.9. The smallest absolute Gasteiger partial charge is 0.164 e. The van der Waals surface area contributed by atoms with Gasteiger partial charge in [0.1, 0.15) is 11.2 Å². The second-order valence-corrected chi connectivity index (χ2v) is 17.3. The second-order valence-electron chi connectivity index (χ2n) is 17.3. The molecule has 65 heavy (non-hydrogen) atoms. The fraction of sp³-hybridized carbons (Fsp3) is 0.0500. The van der Waals surface area contributed by atoms with Crippen molar-refractivity contribution in [1.82, 2.24) is 15.0 Å². The summed E-state index contributed by atoms with van der Waals surface area (Å²) in [5.41, 5.74) is 17.0. The topological polar surface area (TPSA) is 55.1 Å². The fourth-order valence-electron chi connectivity index (χ4n) is 9.53. The zero-order valence-corrected chi connectivity index (χ0v) is 36.0. The summed E-state index contributed by atoms with van der Waals surface area (Å²) in [6.07, 6.45) is 0. The molecule has 0 unspecified atom stereocenters. The Labute approximate surface area is 378 Å². The Morgan fingerprint density at radius 2 is 0.754 bits per heavy atom. The number of nitrogens with zero attached hydrogens (tertiary/aromatic N) is 4. The molecule has 2 aromatic heterocycles. The molecule has 9 aromatic carbocycles. The van der Waals surface area contributed by atoms with Gasteiger partial charge in [0.15, 0.2) is 17.5 Å². The molecule has 0 radical (unpaired) electrons. The predicted molar refractivity (Wildman–Crippen MR) is 267 cm³/mol. The minimum Gasteiger partial charge on any atom is -0.456 e. The number of para-hydroxylation sites is 2. The van der Waals surface area contributed by atoms with E-state index in [2.05, 4.69) is 219 Å². The summed E-state index contributed by atoms with van der Waals surface area (Å²) in [6, 6.07) is 76.8. The van der Waals surface area contributed by atoms with Crippen molar-refractivity contribution in [3.05, 3.63) is 230 Å². The van der Waals surface area contributed by atoms with Gasteiger partial charge in [0, 0.05) is 38.6 Å². The van der Waals surface area contributed by atoms with Gasteiger partial charge in [-0.05, 0) is 117 Å². The van der Waals surface area contributed by atoms with Crippen LogP contribution in [-0.4, -0.2) is 15.0 Å². The van der Waals surface area contributed by atoms with Gasteiger partial charge in [-0.3, -0.25) is 0 Å².